The Balaban J connectivity index is 1.69. The number of rotatable bonds is 7. The largest absolute Gasteiger partial charge is 0.365 e. The van der Waals surface area contributed by atoms with Crippen LogP contribution in [0.3, 0.4) is 0 Å². The summed E-state index contributed by atoms with van der Waals surface area (Å²) in [5.41, 5.74) is 13.3. The summed E-state index contributed by atoms with van der Waals surface area (Å²) in [5, 5.41) is 6.91. The van der Waals surface area contributed by atoms with E-state index in [1.165, 1.54) is 0 Å². The summed E-state index contributed by atoms with van der Waals surface area (Å²) in [6, 6.07) is 15.1. The molecular weight excluding hydrogens is 397 g/mol. The Morgan fingerprint density at radius 2 is 1.87 bits per heavy atom. The zero-order valence-electron chi connectivity index (χ0n) is 16.4. The number of benzene rings is 1. The van der Waals surface area contributed by atoms with Gasteiger partial charge in [-0.15, -0.1) is 0 Å². The molecule has 0 fully saturated rings. The van der Waals surface area contributed by atoms with E-state index < -0.39 is 17.8 Å². The molecule has 0 radical (unpaired) electrons. The van der Waals surface area contributed by atoms with Gasteiger partial charge in [-0.1, -0.05) is 12.1 Å². The van der Waals surface area contributed by atoms with Crippen LogP contribution in [0, 0.1) is 5.82 Å². The van der Waals surface area contributed by atoms with Gasteiger partial charge in [0.1, 0.15) is 5.82 Å². The number of hydrogen-bond donors (Lipinski definition) is 4. The van der Waals surface area contributed by atoms with E-state index in [9.17, 15) is 9.18 Å². The predicted octanol–water partition coefficient (Wildman–Crippen LogP) is 3.12. The number of nitrogens with two attached hydrogens (primary N) is 2. The molecule has 156 valence electrons. The van der Waals surface area contributed by atoms with E-state index in [0.29, 0.717) is 11.4 Å². The van der Waals surface area contributed by atoms with E-state index in [-0.39, 0.29) is 23.7 Å². The van der Waals surface area contributed by atoms with Gasteiger partial charge in [0.25, 0.3) is 5.91 Å². The van der Waals surface area contributed by atoms with E-state index in [4.69, 9.17) is 11.5 Å². The number of primary amides is 1. The number of anilines is 3. The van der Waals surface area contributed by atoms with Crippen LogP contribution in [-0.4, -0.2) is 27.4 Å². The maximum Gasteiger partial charge on any atom is 0.252 e. The molecule has 0 aliphatic rings. The maximum absolute atomic E-state index is 14.7. The van der Waals surface area contributed by atoms with Gasteiger partial charge in [-0.25, -0.2) is 9.37 Å². The molecule has 1 amide bonds. The van der Waals surface area contributed by atoms with Crippen molar-refractivity contribution < 1.29 is 9.18 Å². The van der Waals surface area contributed by atoms with Crippen molar-refractivity contribution in [3.05, 3.63) is 84.1 Å². The first kappa shape index (κ1) is 20.2. The maximum atomic E-state index is 14.7. The molecule has 1 atom stereocenters. The van der Waals surface area contributed by atoms with Crippen LogP contribution in [0.2, 0.25) is 0 Å². The minimum absolute atomic E-state index is 0.0727. The first-order chi connectivity index (χ1) is 15.0. The van der Waals surface area contributed by atoms with E-state index >= 15 is 0 Å². The zero-order valence-corrected chi connectivity index (χ0v) is 16.4. The number of hydrogen-bond acceptors (Lipinski definition) is 7. The minimum atomic E-state index is -0.803. The van der Waals surface area contributed by atoms with Crippen molar-refractivity contribution in [1.29, 1.82) is 0 Å². The van der Waals surface area contributed by atoms with Gasteiger partial charge in [-0.3, -0.25) is 14.8 Å². The average molecular weight is 417 g/mol. The zero-order chi connectivity index (χ0) is 21.8. The predicted molar refractivity (Wildman–Crippen MR) is 117 cm³/mol. The lowest BCUT2D eigenvalue weighted by Gasteiger charge is -2.19. The van der Waals surface area contributed by atoms with Crippen molar-refractivity contribution in [2.24, 2.45) is 11.5 Å². The van der Waals surface area contributed by atoms with Crippen molar-refractivity contribution in [1.82, 2.24) is 15.0 Å². The summed E-state index contributed by atoms with van der Waals surface area (Å²) >= 11 is 0. The molecule has 8 nitrogen and oxygen atoms in total. The second-order valence-electron chi connectivity index (χ2n) is 6.80. The molecule has 0 aliphatic carbocycles. The highest BCUT2D eigenvalue weighted by atomic mass is 19.1. The number of nitrogens with zero attached hydrogens (tertiary/aromatic N) is 3. The number of fused-ring (bicyclic) bond motifs is 1. The number of aromatic nitrogens is 3. The Hall–Kier alpha value is -4.11. The molecule has 0 spiro atoms. The smallest absolute Gasteiger partial charge is 0.252 e. The van der Waals surface area contributed by atoms with Crippen molar-refractivity contribution in [3.63, 3.8) is 0 Å². The lowest BCUT2D eigenvalue weighted by Crippen LogP contribution is -2.23. The van der Waals surface area contributed by atoms with Crippen LogP contribution in [0.1, 0.15) is 22.1 Å². The van der Waals surface area contributed by atoms with Crippen LogP contribution in [-0.2, 0) is 0 Å². The lowest BCUT2D eigenvalue weighted by molar-refractivity contribution is 0.100. The second-order valence-corrected chi connectivity index (χ2v) is 6.80. The van der Waals surface area contributed by atoms with E-state index in [0.717, 1.165) is 17.0 Å². The highest BCUT2D eigenvalue weighted by Gasteiger charge is 2.19. The molecule has 0 bridgehead atoms. The Labute approximate surface area is 177 Å². The average Bonchev–Trinajstić information content (AvgIpc) is 2.79. The highest BCUT2D eigenvalue weighted by Crippen LogP contribution is 2.27. The summed E-state index contributed by atoms with van der Waals surface area (Å²) in [6.07, 6.45) is 3.33. The van der Waals surface area contributed by atoms with Crippen molar-refractivity contribution in [2.45, 2.75) is 6.04 Å². The molecule has 1 unspecified atom stereocenters. The first-order valence-corrected chi connectivity index (χ1v) is 9.55. The van der Waals surface area contributed by atoms with Gasteiger partial charge in [0.05, 0.1) is 22.8 Å². The van der Waals surface area contributed by atoms with Gasteiger partial charge in [-0.2, -0.15) is 0 Å². The molecule has 3 aromatic heterocycles. The van der Waals surface area contributed by atoms with E-state index in [1.54, 1.807) is 30.6 Å². The van der Waals surface area contributed by atoms with Crippen LogP contribution < -0.4 is 22.1 Å². The van der Waals surface area contributed by atoms with Crippen molar-refractivity contribution in [3.8, 4) is 0 Å². The number of carbonyl (C=O) groups is 1. The quantitative estimate of drug-likeness (QED) is 0.363. The van der Waals surface area contributed by atoms with Gasteiger partial charge >= 0.3 is 0 Å². The SMILES string of the molecule is NCC(Nc1nc(Nc2ccc3ncccc3c2)c(C(N)=O)cc1F)c1ccccn1. The van der Waals surface area contributed by atoms with E-state index in [2.05, 4.69) is 25.6 Å². The third-order valence-corrected chi connectivity index (χ3v) is 4.70. The Bertz CT molecular complexity index is 1230. The summed E-state index contributed by atoms with van der Waals surface area (Å²) in [5.74, 6) is -1.48. The van der Waals surface area contributed by atoms with Crippen LogP contribution in [0.25, 0.3) is 10.9 Å². The van der Waals surface area contributed by atoms with Crippen LogP contribution in [0.15, 0.2) is 67.0 Å². The number of carbonyl (C=O) groups excluding carboxylic acids is 1. The van der Waals surface area contributed by atoms with Gasteiger partial charge < -0.3 is 22.1 Å². The molecule has 1 aromatic carbocycles. The fourth-order valence-electron chi connectivity index (χ4n) is 3.16. The van der Waals surface area contributed by atoms with Crippen molar-refractivity contribution >= 4 is 34.1 Å². The third-order valence-electron chi connectivity index (χ3n) is 4.70. The monoisotopic (exact) mass is 417 g/mol. The van der Waals surface area contributed by atoms with Crippen molar-refractivity contribution in [2.75, 3.05) is 17.2 Å². The standard InChI is InChI=1S/C22H20FN7O/c23-16-11-15(20(25)31)21(28-14-6-7-17-13(10-14)4-3-9-26-17)30-22(16)29-19(12-24)18-5-1-2-8-27-18/h1-11,19H,12,24H2,(H2,25,31)(H2,28,29,30). The molecule has 0 aliphatic heterocycles. The molecule has 4 rings (SSSR count). The molecule has 31 heavy (non-hydrogen) atoms. The Kier molecular flexibility index (Phi) is 5.67. The molecule has 4 aromatic rings. The topological polar surface area (TPSA) is 132 Å². The second kappa shape index (κ2) is 8.72. The Morgan fingerprint density at radius 1 is 1.03 bits per heavy atom. The summed E-state index contributed by atoms with van der Waals surface area (Å²) in [4.78, 5) is 24.7. The fraction of sp³-hybridized carbons (Fsp3) is 0.0909. The van der Waals surface area contributed by atoms with Crippen LogP contribution in [0.4, 0.5) is 21.7 Å². The highest BCUT2D eigenvalue weighted by molar-refractivity contribution is 5.99. The van der Waals surface area contributed by atoms with Gasteiger partial charge in [0, 0.05) is 30.0 Å². The Morgan fingerprint density at radius 3 is 2.61 bits per heavy atom. The van der Waals surface area contributed by atoms with Crippen LogP contribution in [0.5, 0.6) is 0 Å². The summed E-state index contributed by atoms with van der Waals surface area (Å²) < 4.78 is 14.7. The summed E-state index contributed by atoms with van der Waals surface area (Å²) in [7, 11) is 0. The molecule has 9 heteroatoms. The normalized spacial score (nSPS) is 11.8. The molecule has 3 heterocycles. The van der Waals surface area contributed by atoms with Crippen LogP contribution >= 0.6 is 0 Å². The number of nitrogens with one attached hydrogen (secondary N) is 2. The van der Waals surface area contributed by atoms with Gasteiger partial charge in [-0.05, 0) is 42.5 Å². The lowest BCUT2D eigenvalue weighted by atomic mass is 10.1. The number of pyridine rings is 3. The molecule has 6 N–H and O–H groups in total. The fourth-order valence-corrected chi connectivity index (χ4v) is 3.16. The molecule has 0 saturated heterocycles. The third kappa shape index (κ3) is 4.41. The summed E-state index contributed by atoms with van der Waals surface area (Å²) in [6.45, 7) is 0.163. The number of amides is 1. The minimum Gasteiger partial charge on any atom is -0.365 e. The molecule has 0 saturated carbocycles. The first-order valence-electron chi connectivity index (χ1n) is 9.55. The van der Waals surface area contributed by atoms with Gasteiger partial charge in [0.15, 0.2) is 11.6 Å². The number of halogens is 1. The van der Waals surface area contributed by atoms with Gasteiger partial charge in [0.2, 0.25) is 0 Å². The van der Waals surface area contributed by atoms with E-state index in [1.807, 2.05) is 30.3 Å². The molecular formula is C22H20FN7O.